The number of hydrogen-bond acceptors (Lipinski definition) is 1. The lowest BCUT2D eigenvalue weighted by Crippen LogP contribution is -2.18. The second-order valence-electron chi connectivity index (χ2n) is 6.31. The van der Waals surface area contributed by atoms with Crippen LogP contribution in [-0.4, -0.2) is 15.3 Å². The maximum Gasteiger partial charge on any atom is 0.0591 e. The fourth-order valence-corrected chi connectivity index (χ4v) is 2.43. The third kappa shape index (κ3) is 4.24. The molecule has 1 heterocycles. The van der Waals surface area contributed by atoms with Crippen molar-refractivity contribution >= 4 is 17.1 Å². The van der Waals surface area contributed by atoms with Crippen molar-refractivity contribution < 1.29 is 5.11 Å². The SMILES string of the molecule is CC(/C=C/n1ccc2ccccc21)CCCC(C)(C)O. The van der Waals surface area contributed by atoms with Crippen LogP contribution in [0.25, 0.3) is 17.1 Å². The highest BCUT2D eigenvalue weighted by atomic mass is 16.3. The third-order valence-electron chi connectivity index (χ3n) is 3.65. The summed E-state index contributed by atoms with van der Waals surface area (Å²) in [5.74, 6) is 0.526. The van der Waals surface area contributed by atoms with Crippen LogP contribution in [-0.2, 0) is 0 Å². The molecule has 0 aliphatic heterocycles. The van der Waals surface area contributed by atoms with Crippen LogP contribution in [0.4, 0.5) is 0 Å². The lowest BCUT2D eigenvalue weighted by Gasteiger charge is -2.17. The fourth-order valence-electron chi connectivity index (χ4n) is 2.43. The summed E-state index contributed by atoms with van der Waals surface area (Å²) < 4.78 is 2.17. The van der Waals surface area contributed by atoms with Crippen LogP contribution in [0.15, 0.2) is 42.6 Å². The summed E-state index contributed by atoms with van der Waals surface area (Å²) in [4.78, 5) is 0. The van der Waals surface area contributed by atoms with Crippen molar-refractivity contribution in [2.24, 2.45) is 5.92 Å². The fraction of sp³-hybridized carbons (Fsp3) is 0.444. The van der Waals surface area contributed by atoms with Crippen molar-refractivity contribution in [3.63, 3.8) is 0 Å². The molecule has 20 heavy (non-hydrogen) atoms. The highest BCUT2D eigenvalue weighted by Crippen LogP contribution is 2.18. The standard InChI is InChI=1S/C18H25NO/c1-15(7-6-12-18(2,3)20)10-13-19-14-11-16-8-4-5-9-17(16)19/h4-5,8-11,13-15,20H,6-7,12H2,1-3H3/b13-10+. The first kappa shape index (κ1) is 14.9. The van der Waals surface area contributed by atoms with E-state index in [4.69, 9.17) is 0 Å². The highest BCUT2D eigenvalue weighted by Gasteiger charge is 2.11. The Morgan fingerprint density at radius 3 is 2.75 bits per heavy atom. The van der Waals surface area contributed by atoms with E-state index in [9.17, 15) is 5.11 Å². The van der Waals surface area contributed by atoms with E-state index in [1.807, 2.05) is 13.8 Å². The Morgan fingerprint density at radius 2 is 2.00 bits per heavy atom. The van der Waals surface area contributed by atoms with Crippen LogP contribution >= 0.6 is 0 Å². The van der Waals surface area contributed by atoms with Gasteiger partial charge in [-0.15, -0.1) is 0 Å². The molecule has 2 aromatic rings. The minimum absolute atomic E-state index is 0.526. The number of para-hydroxylation sites is 1. The molecule has 108 valence electrons. The minimum atomic E-state index is -0.542. The lowest BCUT2D eigenvalue weighted by molar-refractivity contribution is 0.0675. The Bertz CT molecular complexity index is 574. The average molecular weight is 271 g/mol. The molecule has 1 aromatic heterocycles. The van der Waals surface area contributed by atoms with Gasteiger partial charge in [0.15, 0.2) is 0 Å². The summed E-state index contributed by atoms with van der Waals surface area (Å²) in [5.41, 5.74) is 0.701. The number of fused-ring (bicyclic) bond motifs is 1. The van der Waals surface area contributed by atoms with Crippen molar-refractivity contribution in [3.8, 4) is 0 Å². The van der Waals surface area contributed by atoms with Crippen molar-refractivity contribution in [1.82, 2.24) is 4.57 Å². The molecule has 2 heteroatoms. The first-order valence-corrected chi connectivity index (χ1v) is 7.42. The predicted octanol–water partition coefficient (Wildman–Crippen LogP) is 4.69. The van der Waals surface area contributed by atoms with Gasteiger partial charge < -0.3 is 9.67 Å². The van der Waals surface area contributed by atoms with Gasteiger partial charge in [-0.2, -0.15) is 0 Å². The number of nitrogens with zero attached hydrogens (tertiary/aromatic N) is 1. The van der Waals surface area contributed by atoms with Gasteiger partial charge in [0.25, 0.3) is 0 Å². The quantitative estimate of drug-likeness (QED) is 0.810. The molecule has 0 saturated carbocycles. The lowest BCUT2D eigenvalue weighted by atomic mass is 9.97. The zero-order valence-electron chi connectivity index (χ0n) is 12.7. The van der Waals surface area contributed by atoms with Crippen LogP contribution in [0.2, 0.25) is 0 Å². The smallest absolute Gasteiger partial charge is 0.0591 e. The zero-order chi connectivity index (χ0) is 14.6. The summed E-state index contributed by atoms with van der Waals surface area (Å²) in [7, 11) is 0. The Kier molecular flexibility index (Phi) is 4.66. The molecular weight excluding hydrogens is 246 g/mol. The zero-order valence-corrected chi connectivity index (χ0v) is 12.7. The van der Waals surface area contributed by atoms with E-state index >= 15 is 0 Å². The van der Waals surface area contributed by atoms with E-state index in [0.29, 0.717) is 5.92 Å². The summed E-state index contributed by atoms with van der Waals surface area (Å²) in [6, 6.07) is 10.5. The average Bonchev–Trinajstić information content (AvgIpc) is 2.78. The van der Waals surface area contributed by atoms with Gasteiger partial charge in [-0.25, -0.2) is 0 Å². The van der Waals surface area contributed by atoms with Crippen LogP contribution in [0.1, 0.15) is 40.0 Å². The monoisotopic (exact) mass is 271 g/mol. The molecule has 0 radical (unpaired) electrons. The predicted molar refractivity (Wildman–Crippen MR) is 86.6 cm³/mol. The van der Waals surface area contributed by atoms with E-state index < -0.39 is 5.60 Å². The van der Waals surface area contributed by atoms with E-state index in [1.165, 1.54) is 10.9 Å². The van der Waals surface area contributed by atoms with Crippen molar-refractivity contribution in [2.45, 2.75) is 45.6 Å². The Labute approximate surface area is 121 Å². The second kappa shape index (κ2) is 6.27. The molecule has 0 saturated heterocycles. The van der Waals surface area contributed by atoms with Gasteiger partial charge >= 0.3 is 0 Å². The maximum atomic E-state index is 9.71. The van der Waals surface area contributed by atoms with Crippen molar-refractivity contribution in [2.75, 3.05) is 0 Å². The summed E-state index contributed by atoms with van der Waals surface area (Å²) in [6.45, 7) is 5.98. The molecule has 2 rings (SSSR count). The van der Waals surface area contributed by atoms with Gasteiger partial charge in [-0.1, -0.05) is 37.6 Å². The summed E-state index contributed by atoms with van der Waals surface area (Å²) in [5, 5.41) is 11.0. The Balaban J connectivity index is 1.92. The number of hydrogen-bond donors (Lipinski definition) is 1. The molecule has 1 atom stereocenters. The molecule has 0 spiro atoms. The topological polar surface area (TPSA) is 25.2 Å². The number of benzene rings is 1. The van der Waals surface area contributed by atoms with Crippen LogP contribution in [0.5, 0.6) is 0 Å². The maximum absolute atomic E-state index is 9.71. The number of aromatic nitrogens is 1. The van der Waals surface area contributed by atoms with Crippen LogP contribution < -0.4 is 0 Å². The van der Waals surface area contributed by atoms with Crippen LogP contribution in [0.3, 0.4) is 0 Å². The van der Waals surface area contributed by atoms with E-state index in [1.54, 1.807) is 0 Å². The number of allylic oxidation sites excluding steroid dienone is 1. The first-order chi connectivity index (χ1) is 9.46. The van der Waals surface area contributed by atoms with Gasteiger partial charge in [-0.05, 0) is 50.1 Å². The molecule has 2 nitrogen and oxygen atoms in total. The molecule has 0 aliphatic rings. The van der Waals surface area contributed by atoms with E-state index in [2.05, 4.69) is 60.3 Å². The van der Waals surface area contributed by atoms with Crippen molar-refractivity contribution in [3.05, 3.63) is 42.6 Å². The van der Waals surface area contributed by atoms with Gasteiger partial charge in [0, 0.05) is 12.4 Å². The van der Waals surface area contributed by atoms with E-state index in [0.717, 1.165) is 19.3 Å². The molecular formula is C18H25NO. The Morgan fingerprint density at radius 1 is 1.25 bits per heavy atom. The highest BCUT2D eigenvalue weighted by molar-refractivity contribution is 5.81. The molecule has 0 fully saturated rings. The molecule has 1 unspecified atom stereocenters. The molecule has 0 amide bonds. The Hall–Kier alpha value is -1.54. The van der Waals surface area contributed by atoms with E-state index in [-0.39, 0.29) is 0 Å². The van der Waals surface area contributed by atoms with Crippen LogP contribution in [0, 0.1) is 5.92 Å². The minimum Gasteiger partial charge on any atom is -0.390 e. The summed E-state index contributed by atoms with van der Waals surface area (Å²) >= 11 is 0. The van der Waals surface area contributed by atoms with Crippen molar-refractivity contribution in [1.29, 1.82) is 0 Å². The van der Waals surface area contributed by atoms with Gasteiger partial charge in [-0.3, -0.25) is 0 Å². The normalized spacial score (nSPS) is 14.2. The van der Waals surface area contributed by atoms with Gasteiger partial charge in [0.1, 0.15) is 0 Å². The second-order valence-corrected chi connectivity index (χ2v) is 6.31. The third-order valence-corrected chi connectivity index (χ3v) is 3.65. The molecule has 1 N–H and O–H groups in total. The first-order valence-electron chi connectivity index (χ1n) is 7.42. The largest absolute Gasteiger partial charge is 0.390 e. The number of aliphatic hydroxyl groups is 1. The van der Waals surface area contributed by atoms with Gasteiger partial charge in [0.05, 0.1) is 11.1 Å². The summed E-state index contributed by atoms with van der Waals surface area (Å²) in [6.07, 6.45) is 9.53. The van der Waals surface area contributed by atoms with Gasteiger partial charge in [0.2, 0.25) is 0 Å². The molecule has 0 aliphatic carbocycles. The molecule has 0 bridgehead atoms. The number of rotatable bonds is 6. The molecule has 1 aromatic carbocycles.